The smallest absolute Gasteiger partial charge is 0.257 e. The molecule has 0 aliphatic rings. The first-order chi connectivity index (χ1) is 8.56. The fourth-order valence-corrected chi connectivity index (χ4v) is 1.71. The Morgan fingerprint density at radius 3 is 2.72 bits per heavy atom. The van der Waals surface area contributed by atoms with Gasteiger partial charge in [0.25, 0.3) is 5.91 Å². The molecule has 0 bridgehead atoms. The van der Waals surface area contributed by atoms with Crippen molar-refractivity contribution in [2.45, 2.75) is 6.92 Å². The van der Waals surface area contributed by atoms with Crippen LogP contribution >= 0.6 is 11.6 Å². The number of carbonyl (C=O) groups excluding carboxylic acids is 1. The van der Waals surface area contributed by atoms with E-state index in [4.69, 9.17) is 11.6 Å². The lowest BCUT2D eigenvalue weighted by Gasteiger charge is -2.07. The minimum absolute atomic E-state index is 0.271. The third-order valence-electron chi connectivity index (χ3n) is 2.36. The monoisotopic (exact) mass is 264 g/mol. The lowest BCUT2D eigenvalue weighted by atomic mass is 10.2. The molecule has 0 aliphatic carbocycles. The van der Waals surface area contributed by atoms with E-state index in [0.29, 0.717) is 10.7 Å². The van der Waals surface area contributed by atoms with Gasteiger partial charge in [-0.15, -0.1) is 0 Å². The molecule has 0 aliphatic heterocycles. The van der Waals surface area contributed by atoms with Gasteiger partial charge in [-0.25, -0.2) is 4.98 Å². The predicted molar refractivity (Wildman–Crippen MR) is 68.3 cm³/mol. The number of aromatic nitrogens is 1. The van der Waals surface area contributed by atoms with E-state index in [1.54, 1.807) is 12.1 Å². The van der Waals surface area contributed by atoms with Crippen LogP contribution in [0.15, 0.2) is 36.5 Å². The van der Waals surface area contributed by atoms with Crippen LogP contribution in [-0.2, 0) is 0 Å². The third-order valence-corrected chi connectivity index (χ3v) is 2.68. The molecule has 1 amide bonds. The highest BCUT2D eigenvalue weighted by Crippen LogP contribution is 2.23. The summed E-state index contributed by atoms with van der Waals surface area (Å²) in [6.45, 7) is 1.90. The van der Waals surface area contributed by atoms with E-state index < -0.39 is 5.95 Å². The van der Waals surface area contributed by atoms with Crippen LogP contribution in [0.3, 0.4) is 0 Å². The second-order valence-electron chi connectivity index (χ2n) is 3.81. The summed E-state index contributed by atoms with van der Waals surface area (Å²) < 4.78 is 12.6. The molecule has 0 atom stereocenters. The van der Waals surface area contributed by atoms with Gasteiger partial charge >= 0.3 is 0 Å². The number of rotatable bonds is 2. The highest BCUT2D eigenvalue weighted by atomic mass is 35.5. The maximum absolute atomic E-state index is 12.6. The van der Waals surface area contributed by atoms with Gasteiger partial charge in [0.2, 0.25) is 5.95 Å². The quantitative estimate of drug-likeness (QED) is 0.845. The van der Waals surface area contributed by atoms with Gasteiger partial charge in [0.15, 0.2) is 0 Å². The number of hydrogen-bond donors (Lipinski definition) is 1. The third kappa shape index (κ3) is 2.84. The molecule has 0 fully saturated rings. The van der Waals surface area contributed by atoms with E-state index >= 15 is 0 Å². The maximum atomic E-state index is 12.6. The zero-order valence-corrected chi connectivity index (χ0v) is 10.3. The van der Waals surface area contributed by atoms with Crippen molar-refractivity contribution in [3.05, 3.63) is 58.6 Å². The van der Waals surface area contributed by atoms with Crippen LogP contribution < -0.4 is 5.32 Å². The van der Waals surface area contributed by atoms with Gasteiger partial charge < -0.3 is 5.32 Å². The van der Waals surface area contributed by atoms with Crippen LogP contribution in [0.5, 0.6) is 0 Å². The topological polar surface area (TPSA) is 42.0 Å². The van der Waals surface area contributed by atoms with E-state index in [1.165, 1.54) is 12.3 Å². The Bertz CT molecular complexity index is 584. The Kier molecular flexibility index (Phi) is 3.58. The normalized spacial score (nSPS) is 10.2. The summed E-state index contributed by atoms with van der Waals surface area (Å²) in [5.41, 5.74) is 1.78. The standard InChI is InChI=1S/C13H10ClFN2O/c1-8-2-4-11(10(14)6-8)17-13(18)9-3-5-12(15)16-7-9/h2-7H,1H3,(H,17,18). The molecule has 0 radical (unpaired) electrons. The molecular formula is C13H10ClFN2O. The molecule has 1 aromatic heterocycles. The van der Waals surface area contributed by atoms with E-state index in [9.17, 15) is 9.18 Å². The van der Waals surface area contributed by atoms with E-state index in [0.717, 1.165) is 11.6 Å². The number of benzene rings is 1. The van der Waals surface area contributed by atoms with Crippen molar-refractivity contribution in [1.82, 2.24) is 4.98 Å². The summed E-state index contributed by atoms with van der Waals surface area (Å²) in [7, 11) is 0. The van der Waals surface area contributed by atoms with Crippen molar-refractivity contribution in [1.29, 1.82) is 0 Å². The molecular weight excluding hydrogens is 255 g/mol. The second kappa shape index (κ2) is 5.14. The van der Waals surface area contributed by atoms with Gasteiger partial charge in [0.05, 0.1) is 16.3 Å². The molecule has 1 heterocycles. The molecule has 2 rings (SSSR count). The van der Waals surface area contributed by atoms with Crippen LogP contribution in [0.1, 0.15) is 15.9 Å². The lowest BCUT2D eigenvalue weighted by molar-refractivity contribution is 0.102. The van der Waals surface area contributed by atoms with Crippen LogP contribution in [0.4, 0.5) is 10.1 Å². The summed E-state index contributed by atoms with van der Waals surface area (Å²) >= 11 is 6.00. The summed E-state index contributed by atoms with van der Waals surface area (Å²) in [4.78, 5) is 15.2. The van der Waals surface area contributed by atoms with E-state index in [2.05, 4.69) is 10.3 Å². The van der Waals surface area contributed by atoms with Crippen LogP contribution in [0.2, 0.25) is 5.02 Å². The number of aryl methyl sites for hydroxylation is 1. The first-order valence-electron chi connectivity index (χ1n) is 5.25. The number of anilines is 1. The Morgan fingerprint density at radius 1 is 1.33 bits per heavy atom. The van der Waals surface area contributed by atoms with Gasteiger partial charge in [-0.05, 0) is 36.8 Å². The van der Waals surface area contributed by atoms with Crippen molar-refractivity contribution in [2.24, 2.45) is 0 Å². The van der Waals surface area contributed by atoms with Crippen molar-refractivity contribution in [2.75, 3.05) is 5.32 Å². The molecule has 92 valence electrons. The average molecular weight is 265 g/mol. The van der Waals surface area contributed by atoms with Gasteiger partial charge in [0.1, 0.15) is 0 Å². The fraction of sp³-hybridized carbons (Fsp3) is 0.0769. The largest absolute Gasteiger partial charge is 0.321 e. The molecule has 18 heavy (non-hydrogen) atoms. The maximum Gasteiger partial charge on any atom is 0.257 e. The molecule has 3 nitrogen and oxygen atoms in total. The zero-order valence-electron chi connectivity index (χ0n) is 9.58. The average Bonchev–Trinajstić information content (AvgIpc) is 2.33. The number of nitrogens with one attached hydrogen (secondary N) is 1. The Balaban J connectivity index is 2.18. The number of amides is 1. The molecule has 1 N–H and O–H groups in total. The molecule has 1 aromatic carbocycles. The van der Waals surface area contributed by atoms with Gasteiger partial charge in [0, 0.05) is 6.20 Å². The van der Waals surface area contributed by atoms with Crippen molar-refractivity contribution in [3.63, 3.8) is 0 Å². The van der Waals surface area contributed by atoms with E-state index in [1.807, 2.05) is 13.0 Å². The number of carbonyl (C=O) groups is 1. The summed E-state index contributed by atoms with van der Waals surface area (Å²) in [5, 5.41) is 3.10. The SMILES string of the molecule is Cc1ccc(NC(=O)c2ccc(F)nc2)c(Cl)c1. The van der Waals surface area contributed by atoms with Crippen molar-refractivity contribution < 1.29 is 9.18 Å². The molecule has 5 heteroatoms. The lowest BCUT2D eigenvalue weighted by Crippen LogP contribution is -2.12. The fourth-order valence-electron chi connectivity index (χ4n) is 1.43. The minimum atomic E-state index is -0.625. The first-order valence-corrected chi connectivity index (χ1v) is 5.63. The van der Waals surface area contributed by atoms with Gasteiger partial charge in [-0.3, -0.25) is 4.79 Å². The number of nitrogens with zero attached hydrogens (tertiary/aromatic N) is 1. The van der Waals surface area contributed by atoms with Crippen molar-refractivity contribution >= 4 is 23.2 Å². The number of pyridine rings is 1. The van der Waals surface area contributed by atoms with Gasteiger partial charge in [-0.2, -0.15) is 4.39 Å². The Hall–Kier alpha value is -1.94. The highest BCUT2D eigenvalue weighted by Gasteiger charge is 2.09. The Labute approximate surface area is 109 Å². The molecule has 0 saturated carbocycles. The minimum Gasteiger partial charge on any atom is -0.321 e. The zero-order chi connectivity index (χ0) is 13.1. The second-order valence-corrected chi connectivity index (χ2v) is 4.21. The van der Waals surface area contributed by atoms with E-state index in [-0.39, 0.29) is 11.5 Å². The molecule has 0 unspecified atom stereocenters. The predicted octanol–water partition coefficient (Wildman–Crippen LogP) is 3.43. The summed E-state index contributed by atoms with van der Waals surface area (Å²) in [5.74, 6) is -1.01. The summed E-state index contributed by atoms with van der Waals surface area (Å²) in [6, 6.07) is 7.79. The Morgan fingerprint density at radius 2 is 2.11 bits per heavy atom. The van der Waals surface area contributed by atoms with Gasteiger partial charge in [-0.1, -0.05) is 17.7 Å². The summed E-state index contributed by atoms with van der Waals surface area (Å²) in [6.07, 6.45) is 1.17. The number of halogens is 2. The molecule has 0 spiro atoms. The van der Waals surface area contributed by atoms with Crippen molar-refractivity contribution in [3.8, 4) is 0 Å². The van der Waals surface area contributed by atoms with Crippen LogP contribution in [0.25, 0.3) is 0 Å². The highest BCUT2D eigenvalue weighted by molar-refractivity contribution is 6.34. The first kappa shape index (κ1) is 12.5. The molecule has 2 aromatic rings. The molecule has 0 saturated heterocycles. The van der Waals surface area contributed by atoms with Crippen LogP contribution in [0, 0.1) is 12.9 Å². The van der Waals surface area contributed by atoms with Crippen LogP contribution in [-0.4, -0.2) is 10.9 Å². The number of hydrogen-bond acceptors (Lipinski definition) is 2.